The molecule has 0 aliphatic carbocycles. The molecule has 0 saturated carbocycles. The number of carbonyl (C=O) groups excluding carboxylic acids is 1. The molecule has 0 aliphatic heterocycles. The zero-order valence-electron chi connectivity index (χ0n) is 19.3. The van der Waals surface area contributed by atoms with Crippen molar-refractivity contribution in [3.63, 3.8) is 0 Å². The Labute approximate surface area is 193 Å². The monoisotopic (exact) mass is 441 g/mol. The fourth-order valence-corrected chi connectivity index (χ4v) is 3.51. The predicted molar refractivity (Wildman–Crippen MR) is 128 cm³/mol. The minimum Gasteiger partial charge on any atom is -0.439 e. The van der Waals surface area contributed by atoms with E-state index in [1.54, 1.807) is 24.5 Å². The molecule has 1 N–H and O–H groups in total. The van der Waals surface area contributed by atoms with Gasteiger partial charge < -0.3 is 10.1 Å². The first kappa shape index (κ1) is 22.2. The smallest absolute Gasteiger partial charge is 0.224 e. The number of carbonyl (C=O) groups is 1. The second-order valence-electron chi connectivity index (χ2n) is 8.06. The molecule has 0 fully saturated rings. The van der Waals surface area contributed by atoms with Crippen LogP contribution in [0.1, 0.15) is 34.8 Å². The highest BCUT2D eigenvalue weighted by atomic mass is 16.5. The molecule has 4 aromatic rings. The van der Waals surface area contributed by atoms with Gasteiger partial charge in [-0.25, -0.2) is 9.97 Å². The molecule has 1 amide bonds. The van der Waals surface area contributed by atoms with Crippen LogP contribution in [0.25, 0.3) is 5.82 Å². The van der Waals surface area contributed by atoms with Crippen molar-refractivity contribution < 1.29 is 9.53 Å². The Morgan fingerprint density at radius 2 is 1.79 bits per heavy atom. The maximum Gasteiger partial charge on any atom is 0.224 e. The van der Waals surface area contributed by atoms with Gasteiger partial charge in [0, 0.05) is 23.9 Å². The van der Waals surface area contributed by atoms with E-state index in [0.717, 1.165) is 22.6 Å². The van der Waals surface area contributed by atoms with Crippen LogP contribution in [0, 0.1) is 27.7 Å². The Bertz CT molecular complexity index is 1280. The number of benzene rings is 2. The van der Waals surface area contributed by atoms with E-state index in [0.29, 0.717) is 36.1 Å². The lowest BCUT2D eigenvalue weighted by Gasteiger charge is -2.10. The van der Waals surface area contributed by atoms with Crippen LogP contribution in [-0.2, 0) is 11.2 Å². The van der Waals surface area contributed by atoms with Gasteiger partial charge >= 0.3 is 0 Å². The van der Waals surface area contributed by atoms with Crippen molar-refractivity contribution in [3.8, 4) is 17.4 Å². The summed E-state index contributed by atoms with van der Waals surface area (Å²) >= 11 is 0. The topological polar surface area (TPSA) is 81.9 Å². The van der Waals surface area contributed by atoms with Crippen LogP contribution in [0.2, 0.25) is 0 Å². The zero-order valence-corrected chi connectivity index (χ0v) is 19.3. The van der Waals surface area contributed by atoms with Crippen molar-refractivity contribution in [2.24, 2.45) is 0 Å². The molecule has 2 heterocycles. The second-order valence-corrected chi connectivity index (χ2v) is 8.06. The average Bonchev–Trinajstić information content (AvgIpc) is 3.12. The molecule has 7 heteroatoms. The maximum absolute atomic E-state index is 12.3. The van der Waals surface area contributed by atoms with Gasteiger partial charge in [0.25, 0.3) is 0 Å². The van der Waals surface area contributed by atoms with Crippen LogP contribution in [0.15, 0.2) is 60.9 Å². The van der Waals surface area contributed by atoms with Crippen molar-refractivity contribution in [1.82, 2.24) is 19.5 Å². The third kappa shape index (κ3) is 5.63. The van der Waals surface area contributed by atoms with Gasteiger partial charge in [0.2, 0.25) is 11.8 Å². The zero-order chi connectivity index (χ0) is 23.4. The van der Waals surface area contributed by atoms with Gasteiger partial charge in [-0.2, -0.15) is 4.98 Å². The maximum atomic E-state index is 12.3. The lowest BCUT2D eigenvalue weighted by atomic mass is 10.1. The van der Waals surface area contributed by atoms with Gasteiger partial charge in [-0.3, -0.25) is 9.36 Å². The van der Waals surface area contributed by atoms with Crippen molar-refractivity contribution in [2.75, 3.05) is 5.32 Å². The lowest BCUT2D eigenvalue weighted by molar-refractivity contribution is -0.116. The number of amides is 1. The van der Waals surface area contributed by atoms with Gasteiger partial charge in [-0.05, 0) is 63.9 Å². The van der Waals surface area contributed by atoms with E-state index < -0.39 is 0 Å². The van der Waals surface area contributed by atoms with E-state index in [2.05, 4.69) is 39.3 Å². The quantitative estimate of drug-likeness (QED) is 0.423. The van der Waals surface area contributed by atoms with Gasteiger partial charge in [-0.1, -0.05) is 29.8 Å². The summed E-state index contributed by atoms with van der Waals surface area (Å²) in [5.74, 6) is 2.35. The Kier molecular flexibility index (Phi) is 6.49. The molecule has 2 aromatic carbocycles. The fourth-order valence-electron chi connectivity index (χ4n) is 3.51. The molecule has 2 aromatic heterocycles. The molecule has 7 nitrogen and oxygen atoms in total. The van der Waals surface area contributed by atoms with E-state index in [1.165, 1.54) is 5.56 Å². The molecule has 0 saturated heterocycles. The Morgan fingerprint density at radius 1 is 1.00 bits per heavy atom. The van der Waals surface area contributed by atoms with Crippen LogP contribution in [0.3, 0.4) is 0 Å². The summed E-state index contributed by atoms with van der Waals surface area (Å²) < 4.78 is 7.86. The van der Waals surface area contributed by atoms with Crippen molar-refractivity contribution >= 4 is 11.6 Å². The van der Waals surface area contributed by atoms with E-state index in [9.17, 15) is 4.79 Å². The van der Waals surface area contributed by atoms with Crippen molar-refractivity contribution in [3.05, 3.63) is 89.3 Å². The van der Waals surface area contributed by atoms with Gasteiger partial charge in [-0.15, -0.1) is 0 Å². The molecule has 0 atom stereocenters. The number of ether oxygens (including phenoxy) is 1. The predicted octanol–water partition coefficient (Wildman–Crippen LogP) is 5.26. The minimum absolute atomic E-state index is 0.0211. The van der Waals surface area contributed by atoms with E-state index >= 15 is 0 Å². The lowest BCUT2D eigenvalue weighted by Crippen LogP contribution is -2.12. The van der Waals surface area contributed by atoms with E-state index in [1.807, 2.05) is 49.6 Å². The molecule has 33 heavy (non-hydrogen) atoms. The van der Waals surface area contributed by atoms with Crippen LogP contribution < -0.4 is 10.1 Å². The van der Waals surface area contributed by atoms with Gasteiger partial charge in [0.1, 0.15) is 23.7 Å². The molecule has 0 bridgehead atoms. The highest BCUT2D eigenvalue weighted by Gasteiger charge is 2.10. The summed E-state index contributed by atoms with van der Waals surface area (Å²) in [4.78, 5) is 25.5. The number of hydrogen-bond acceptors (Lipinski definition) is 5. The number of nitrogens with one attached hydrogen (secondary N) is 1. The van der Waals surface area contributed by atoms with Crippen LogP contribution in [0.5, 0.6) is 11.6 Å². The Morgan fingerprint density at radius 3 is 2.48 bits per heavy atom. The number of nitrogens with zero attached hydrogens (tertiary/aromatic N) is 4. The average molecular weight is 442 g/mol. The molecule has 4 rings (SSSR count). The highest BCUT2D eigenvalue weighted by Crippen LogP contribution is 2.24. The number of hydrogen-bond donors (Lipinski definition) is 1. The molecular weight excluding hydrogens is 414 g/mol. The number of aromatic nitrogens is 4. The van der Waals surface area contributed by atoms with Crippen LogP contribution >= 0.6 is 0 Å². The summed E-state index contributed by atoms with van der Waals surface area (Å²) in [5.41, 5.74) is 5.05. The highest BCUT2D eigenvalue weighted by molar-refractivity contribution is 5.90. The summed E-state index contributed by atoms with van der Waals surface area (Å²) in [5, 5.41) is 2.94. The second kappa shape index (κ2) is 9.65. The minimum atomic E-state index is -0.0211. The van der Waals surface area contributed by atoms with E-state index in [-0.39, 0.29) is 5.91 Å². The van der Waals surface area contributed by atoms with Crippen LogP contribution in [-0.4, -0.2) is 25.4 Å². The standard InChI is InChI=1S/C26H27N5O2/c1-17-6-5-7-21(14-17)8-13-25(32)30-22-9-11-23(12-10-22)33-26-15-24(28-20(4)29-26)31-16-27-18(2)19(31)3/h5-7,9-12,14-16H,8,13H2,1-4H3,(H,30,32). The molecule has 0 aliphatic rings. The van der Waals surface area contributed by atoms with Crippen molar-refractivity contribution in [1.29, 1.82) is 0 Å². The summed E-state index contributed by atoms with van der Waals surface area (Å²) in [6.45, 7) is 7.83. The Balaban J connectivity index is 1.38. The SMILES string of the molecule is Cc1cccc(CCC(=O)Nc2ccc(Oc3cc(-n4cnc(C)c4C)nc(C)n3)cc2)c1. The van der Waals surface area contributed by atoms with Crippen LogP contribution in [0.4, 0.5) is 5.69 Å². The first-order valence-electron chi connectivity index (χ1n) is 10.9. The summed E-state index contributed by atoms with van der Waals surface area (Å²) in [6.07, 6.45) is 2.88. The largest absolute Gasteiger partial charge is 0.439 e. The molecule has 168 valence electrons. The number of anilines is 1. The third-order valence-corrected chi connectivity index (χ3v) is 5.38. The van der Waals surface area contributed by atoms with Gasteiger partial charge in [0.15, 0.2) is 0 Å². The number of rotatable bonds is 7. The number of imidazole rings is 1. The molecular formula is C26H27N5O2. The van der Waals surface area contributed by atoms with Gasteiger partial charge in [0.05, 0.1) is 5.69 Å². The fraction of sp³-hybridized carbons (Fsp3) is 0.231. The Hall–Kier alpha value is -4.00. The van der Waals surface area contributed by atoms with Crippen molar-refractivity contribution in [2.45, 2.75) is 40.5 Å². The summed E-state index contributed by atoms with van der Waals surface area (Å²) in [6, 6.07) is 17.2. The normalized spacial score (nSPS) is 10.8. The molecule has 0 unspecified atom stereocenters. The third-order valence-electron chi connectivity index (χ3n) is 5.38. The summed E-state index contributed by atoms with van der Waals surface area (Å²) in [7, 11) is 0. The first-order valence-corrected chi connectivity index (χ1v) is 10.9. The number of aryl methyl sites for hydroxylation is 4. The van der Waals surface area contributed by atoms with E-state index in [4.69, 9.17) is 4.74 Å². The molecule has 0 radical (unpaired) electrons. The molecule has 0 spiro atoms. The first-order chi connectivity index (χ1) is 15.9.